The number of nitrogens with one attached hydrogen (secondary N) is 2. The number of benzene rings is 1. The number of rotatable bonds is 6. The van der Waals surface area contributed by atoms with Gasteiger partial charge in [-0.05, 0) is 34.7 Å². The third-order valence-corrected chi connectivity index (χ3v) is 4.31. The van der Waals surface area contributed by atoms with E-state index in [0.717, 1.165) is 11.1 Å². The Bertz CT molecular complexity index is 810. The van der Waals surface area contributed by atoms with E-state index in [1.54, 1.807) is 18.4 Å². The monoisotopic (exact) mass is 340 g/mol. The molecule has 1 aromatic carbocycles. The normalized spacial score (nSPS) is 10.3. The third kappa shape index (κ3) is 4.11. The van der Waals surface area contributed by atoms with Gasteiger partial charge >= 0.3 is 0 Å². The standard InChI is InChI=1S/C18H16N2O3S/c21-17(19-10-15-7-4-8-23-15)11-20-18(22)16-9-14(12-24-16)13-5-2-1-3-6-13/h1-9,12H,10-11H2,(H,19,21)(H,20,22). The van der Waals surface area contributed by atoms with Crippen LogP contribution >= 0.6 is 11.3 Å². The van der Waals surface area contributed by atoms with E-state index in [0.29, 0.717) is 17.2 Å². The quantitative estimate of drug-likeness (QED) is 0.724. The SMILES string of the molecule is O=C(CNC(=O)c1cc(-c2ccccc2)cs1)NCc1ccco1. The molecule has 0 fully saturated rings. The lowest BCUT2D eigenvalue weighted by Gasteiger charge is -2.04. The molecule has 2 N–H and O–H groups in total. The Kier molecular flexibility index (Phi) is 5.08. The van der Waals surface area contributed by atoms with E-state index in [-0.39, 0.29) is 18.4 Å². The zero-order valence-electron chi connectivity index (χ0n) is 12.8. The second kappa shape index (κ2) is 7.61. The highest BCUT2D eigenvalue weighted by Crippen LogP contribution is 2.25. The van der Waals surface area contributed by atoms with Gasteiger partial charge in [0.25, 0.3) is 5.91 Å². The fourth-order valence-electron chi connectivity index (χ4n) is 2.15. The molecule has 5 nitrogen and oxygen atoms in total. The second-order valence-corrected chi connectivity index (χ2v) is 6.02. The van der Waals surface area contributed by atoms with E-state index in [4.69, 9.17) is 4.42 Å². The maximum atomic E-state index is 12.1. The molecule has 2 heterocycles. The first-order chi connectivity index (χ1) is 11.7. The minimum absolute atomic E-state index is 0.0713. The molecule has 0 aliphatic rings. The van der Waals surface area contributed by atoms with E-state index in [1.165, 1.54) is 11.3 Å². The lowest BCUT2D eigenvalue weighted by Crippen LogP contribution is -2.36. The number of carbonyl (C=O) groups excluding carboxylic acids is 2. The van der Waals surface area contributed by atoms with Crippen LogP contribution in [0.25, 0.3) is 11.1 Å². The highest BCUT2D eigenvalue weighted by molar-refractivity contribution is 7.12. The molecule has 0 spiro atoms. The molecule has 0 atom stereocenters. The molecular formula is C18H16N2O3S. The molecule has 3 rings (SSSR count). The molecule has 0 saturated heterocycles. The van der Waals surface area contributed by atoms with Crippen molar-refractivity contribution in [2.75, 3.05) is 6.54 Å². The van der Waals surface area contributed by atoms with Crippen molar-refractivity contribution >= 4 is 23.2 Å². The van der Waals surface area contributed by atoms with Gasteiger partial charge in [-0.3, -0.25) is 9.59 Å². The van der Waals surface area contributed by atoms with Crippen molar-refractivity contribution in [2.45, 2.75) is 6.54 Å². The maximum Gasteiger partial charge on any atom is 0.261 e. The Morgan fingerprint density at radius 3 is 2.58 bits per heavy atom. The van der Waals surface area contributed by atoms with Crippen molar-refractivity contribution in [3.8, 4) is 11.1 Å². The molecule has 0 bridgehead atoms. The second-order valence-electron chi connectivity index (χ2n) is 5.10. The van der Waals surface area contributed by atoms with Crippen LogP contribution in [0.4, 0.5) is 0 Å². The summed E-state index contributed by atoms with van der Waals surface area (Å²) >= 11 is 1.36. The van der Waals surface area contributed by atoms with Crippen LogP contribution < -0.4 is 10.6 Å². The van der Waals surface area contributed by atoms with Gasteiger partial charge in [-0.2, -0.15) is 0 Å². The molecule has 24 heavy (non-hydrogen) atoms. The van der Waals surface area contributed by atoms with E-state index in [9.17, 15) is 9.59 Å². The fraction of sp³-hybridized carbons (Fsp3) is 0.111. The van der Waals surface area contributed by atoms with Gasteiger partial charge in [-0.15, -0.1) is 11.3 Å². The Labute approximate surface area is 143 Å². The molecule has 2 amide bonds. The molecule has 6 heteroatoms. The molecule has 0 radical (unpaired) electrons. The van der Waals surface area contributed by atoms with Gasteiger partial charge in [-0.1, -0.05) is 30.3 Å². The largest absolute Gasteiger partial charge is 0.467 e. The van der Waals surface area contributed by atoms with Gasteiger partial charge in [0.2, 0.25) is 5.91 Å². The Hall–Kier alpha value is -2.86. The van der Waals surface area contributed by atoms with E-state index in [1.807, 2.05) is 41.8 Å². The molecule has 0 saturated carbocycles. The van der Waals surface area contributed by atoms with Crippen LogP contribution in [0.15, 0.2) is 64.6 Å². The summed E-state index contributed by atoms with van der Waals surface area (Å²) in [6.07, 6.45) is 1.55. The van der Waals surface area contributed by atoms with Crippen LogP contribution in [0.5, 0.6) is 0 Å². The number of amides is 2. The topological polar surface area (TPSA) is 71.3 Å². The summed E-state index contributed by atoms with van der Waals surface area (Å²) < 4.78 is 5.12. The summed E-state index contributed by atoms with van der Waals surface area (Å²) in [6.45, 7) is 0.233. The highest BCUT2D eigenvalue weighted by Gasteiger charge is 2.11. The maximum absolute atomic E-state index is 12.1. The van der Waals surface area contributed by atoms with Crippen molar-refractivity contribution < 1.29 is 14.0 Å². The fourth-order valence-corrected chi connectivity index (χ4v) is 2.98. The van der Waals surface area contributed by atoms with E-state index >= 15 is 0 Å². The van der Waals surface area contributed by atoms with E-state index < -0.39 is 0 Å². The van der Waals surface area contributed by atoms with Crippen LogP contribution in [0.3, 0.4) is 0 Å². The molecule has 122 valence electrons. The lowest BCUT2D eigenvalue weighted by molar-refractivity contribution is -0.120. The number of thiophene rings is 1. The summed E-state index contributed by atoms with van der Waals surface area (Å²) in [5.41, 5.74) is 2.05. The predicted molar refractivity (Wildman–Crippen MR) is 92.6 cm³/mol. The third-order valence-electron chi connectivity index (χ3n) is 3.38. The van der Waals surface area contributed by atoms with Gasteiger partial charge in [-0.25, -0.2) is 0 Å². The Morgan fingerprint density at radius 1 is 1.00 bits per heavy atom. The minimum atomic E-state index is -0.264. The summed E-state index contributed by atoms with van der Waals surface area (Å²) in [7, 11) is 0. The van der Waals surface area contributed by atoms with Crippen LogP contribution in [-0.4, -0.2) is 18.4 Å². The Balaban J connectivity index is 1.50. The van der Waals surface area contributed by atoms with Gasteiger partial charge in [0.1, 0.15) is 5.76 Å². The average molecular weight is 340 g/mol. The van der Waals surface area contributed by atoms with Gasteiger partial charge in [0.05, 0.1) is 24.2 Å². The first kappa shape index (κ1) is 16.0. The first-order valence-corrected chi connectivity index (χ1v) is 8.31. The molecule has 2 aromatic heterocycles. The predicted octanol–water partition coefficient (Wildman–Crippen LogP) is 3.05. The van der Waals surface area contributed by atoms with Crippen molar-refractivity contribution in [3.05, 3.63) is 70.8 Å². The van der Waals surface area contributed by atoms with Crippen LogP contribution in [-0.2, 0) is 11.3 Å². The lowest BCUT2D eigenvalue weighted by atomic mass is 10.1. The number of carbonyl (C=O) groups is 2. The summed E-state index contributed by atoms with van der Waals surface area (Å²) in [5, 5.41) is 7.23. The summed E-state index contributed by atoms with van der Waals surface area (Å²) in [4.78, 5) is 24.4. The molecule has 3 aromatic rings. The van der Waals surface area contributed by atoms with E-state index in [2.05, 4.69) is 10.6 Å². The first-order valence-electron chi connectivity index (χ1n) is 7.43. The van der Waals surface area contributed by atoms with Crippen LogP contribution in [0, 0.1) is 0 Å². The van der Waals surface area contributed by atoms with Crippen molar-refractivity contribution in [1.82, 2.24) is 10.6 Å². The minimum Gasteiger partial charge on any atom is -0.467 e. The van der Waals surface area contributed by atoms with Crippen molar-refractivity contribution in [2.24, 2.45) is 0 Å². The van der Waals surface area contributed by atoms with Gasteiger partial charge < -0.3 is 15.1 Å². The van der Waals surface area contributed by atoms with Gasteiger partial charge in [0, 0.05) is 0 Å². The summed E-state index contributed by atoms with van der Waals surface area (Å²) in [5.74, 6) is 0.148. The highest BCUT2D eigenvalue weighted by atomic mass is 32.1. The number of furan rings is 1. The smallest absolute Gasteiger partial charge is 0.261 e. The zero-order valence-corrected chi connectivity index (χ0v) is 13.6. The van der Waals surface area contributed by atoms with Crippen LogP contribution in [0.1, 0.15) is 15.4 Å². The van der Waals surface area contributed by atoms with Crippen molar-refractivity contribution in [3.63, 3.8) is 0 Å². The molecular weight excluding hydrogens is 324 g/mol. The van der Waals surface area contributed by atoms with Crippen LogP contribution in [0.2, 0.25) is 0 Å². The molecule has 0 unspecified atom stereocenters. The molecule has 0 aliphatic heterocycles. The Morgan fingerprint density at radius 2 is 1.83 bits per heavy atom. The average Bonchev–Trinajstić information content (AvgIpc) is 3.30. The van der Waals surface area contributed by atoms with Crippen molar-refractivity contribution in [1.29, 1.82) is 0 Å². The summed E-state index contributed by atoms with van der Waals surface area (Å²) in [6, 6.07) is 15.2. The number of hydrogen-bond donors (Lipinski definition) is 2. The number of hydrogen-bond acceptors (Lipinski definition) is 4. The molecule has 0 aliphatic carbocycles. The van der Waals surface area contributed by atoms with Gasteiger partial charge in [0.15, 0.2) is 0 Å². The zero-order chi connectivity index (χ0) is 16.8.